The number of benzene rings is 1. The number of rotatable bonds is 1. The van der Waals surface area contributed by atoms with Gasteiger partial charge in [-0.05, 0) is 12.1 Å². The van der Waals surface area contributed by atoms with Crippen molar-refractivity contribution in [2.45, 2.75) is 30.5 Å². The molecule has 0 radical (unpaired) electrons. The Morgan fingerprint density at radius 3 is 2.77 bits per heavy atom. The number of nitrogens with one attached hydrogen (secondary N) is 1. The molecule has 0 saturated carbocycles. The minimum absolute atomic E-state index is 0.472. The summed E-state index contributed by atoms with van der Waals surface area (Å²) >= 11 is 0. The Morgan fingerprint density at radius 1 is 1.18 bits per heavy atom. The van der Waals surface area contributed by atoms with Gasteiger partial charge in [-0.15, -0.1) is 0 Å². The lowest BCUT2D eigenvalue weighted by Gasteiger charge is -2.37. The molecule has 1 aromatic heterocycles. The minimum Gasteiger partial charge on any atom is -0.394 e. The van der Waals surface area contributed by atoms with E-state index in [1.54, 1.807) is 12.3 Å². The highest BCUT2D eigenvalue weighted by Crippen LogP contribution is 2.21. The molecule has 116 valence electrons. The Morgan fingerprint density at radius 2 is 2.00 bits per heavy atom. The van der Waals surface area contributed by atoms with Crippen LogP contribution in [0.15, 0.2) is 24.4 Å². The second kappa shape index (κ2) is 6.04. The number of aliphatic hydroxyl groups is 4. The van der Waals surface area contributed by atoms with Gasteiger partial charge in [0.25, 0.3) is 0 Å². The molecular weight excluding hydrogens is 288 g/mol. The van der Waals surface area contributed by atoms with Crippen LogP contribution in [0.4, 0.5) is 0 Å². The van der Waals surface area contributed by atoms with Crippen molar-refractivity contribution in [3.63, 3.8) is 0 Å². The quantitative estimate of drug-likeness (QED) is 0.420. The summed E-state index contributed by atoms with van der Waals surface area (Å²) in [6, 6.07) is 5.48. The fraction of sp³-hybridized carbons (Fsp3) is 0.400. The molecule has 5 N–H and O–H groups in total. The molecule has 1 saturated heterocycles. The summed E-state index contributed by atoms with van der Waals surface area (Å²) in [4.78, 5) is 0. The van der Waals surface area contributed by atoms with Crippen molar-refractivity contribution in [1.29, 1.82) is 0 Å². The van der Waals surface area contributed by atoms with Gasteiger partial charge in [-0.3, -0.25) is 5.10 Å². The molecule has 0 spiro atoms. The summed E-state index contributed by atoms with van der Waals surface area (Å²) in [5, 5.41) is 46.1. The summed E-state index contributed by atoms with van der Waals surface area (Å²) in [6.07, 6.45) is -4.47. The van der Waals surface area contributed by atoms with Crippen LogP contribution >= 0.6 is 0 Å². The normalized spacial score (nSPS) is 31.7. The zero-order chi connectivity index (χ0) is 15.7. The number of hydrogen-bond donors (Lipinski definition) is 5. The number of aliphatic hydroxyl groups excluding tert-OH is 4. The molecule has 0 unspecified atom stereocenters. The van der Waals surface area contributed by atoms with E-state index in [9.17, 15) is 15.3 Å². The van der Waals surface area contributed by atoms with Crippen molar-refractivity contribution in [1.82, 2.24) is 10.2 Å². The van der Waals surface area contributed by atoms with E-state index in [1.165, 1.54) is 0 Å². The maximum Gasteiger partial charge on any atom is 0.147 e. The Hall–Kier alpha value is -1.95. The fourth-order valence-electron chi connectivity index (χ4n) is 2.45. The first-order valence-electron chi connectivity index (χ1n) is 6.86. The molecule has 0 bridgehead atoms. The van der Waals surface area contributed by atoms with E-state index >= 15 is 0 Å². The summed E-state index contributed by atoms with van der Waals surface area (Å²) in [7, 11) is 0. The van der Waals surface area contributed by atoms with Gasteiger partial charge in [0.15, 0.2) is 0 Å². The second-order valence-corrected chi connectivity index (χ2v) is 5.16. The van der Waals surface area contributed by atoms with E-state index in [1.807, 2.05) is 12.1 Å². The van der Waals surface area contributed by atoms with Gasteiger partial charge in [-0.25, -0.2) is 0 Å². The van der Waals surface area contributed by atoms with Gasteiger partial charge < -0.3 is 25.2 Å². The Balaban J connectivity index is 1.88. The minimum atomic E-state index is -1.42. The van der Waals surface area contributed by atoms with Gasteiger partial charge in [0.2, 0.25) is 0 Å². The third-order valence-corrected chi connectivity index (χ3v) is 3.73. The molecule has 0 amide bonds. The average molecular weight is 304 g/mol. The van der Waals surface area contributed by atoms with E-state index in [0.717, 1.165) is 10.9 Å². The topological polar surface area (TPSA) is 119 Å². The first-order chi connectivity index (χ1) is 10.6. The van der Waals surface area contributed by atoms with Gasteiger partial charge in [-0.2, -0.15) is 5.10 Å². The number of H-pyrrole nitrogens is 1. The van der Waals surface area contributed by atoms with Gasteiger partial charge in [0.05, 0.1) is 18.3 Å². The number of aromatic nitrogens is 2. The van der Waals surface area contributed by atoms with Gasteiger partial charge in [0.1, 0.15) is 30.5 Å². The monoisotopic (exact) mass is 304 g/mol. The molecule has 2 heterocycles. The number of ether oxygens (including phenoxy) is 1. The smallest absolute Gasteiger partial charge is 0.147 e. The van der Waals surface area contributed by atoms with Gasteiger partial charge >= 0.3 is 0 Å². The second-order valence-electron chi connectivity index (χ2n) is 5.16. The van der Waals surface area contributed by atoms with Crippen LogP contribution in [0.25, 0.3) is 10.9 Å². The standard InChI is InChI=1S/C15H16N2O5/c18-7-12-14(20)15(21)13(19)11(22-12)5-4-8-2-1-3-10-9(8)6-16-17-10/h1-3,6,11-15,18-21H,7H2,(H,16,17)/t11-,12-,13-,14-,15-/m1/s1. The summed E-state index contributed by atoms with van der Waals surface area (Å²) in [5.74, 6) is 5.62. The zero-order valence-electron chi connectivity index (χ0n) is 11.5. The lowest BCUT2D eigenvalue weighted by atomic mass is 9.95. The van der Waals surface area contributed by atoms with Crippen LogP contribution in [0, 0.1) is 11.8 Å². The fourth-order valence-corrected chi connectivity index (χ4v) is 2.45. The maximum absolute atomic E-state index is 9.93. The maximum atomic E-state index is 9.93. The van der Waals surface area contributed by atoms with Crippen molar-refractivity contribution in [3.05, 3.63) is 30.0 Å². The molecule has 1 aliphatic heterocycles. The highest BCUT2D eigenvalue weighted by atomic mass is 16.5. The SMILES string of the molecule is OC[C@H]1O[C@H](C#Cc2cccc3[nH]ncc23)[C@@H](O)[C@@H](O)[C@@H]1O. The van der Waals surface area contributed by atoms with E-state index < -0.39 is 37.1 Å². The molecule has 22 heavy (non-hydrogen) atoms. The van der Waals surface area contributed by atoms with Crippen LogP contribution in [-0.2, 0) is 4.74 Å². The first kappa shape index (κ1) is 15.0. The molecule has 1 aromatic carbocycles. The molecule has 0 aliphatic carbocycles. The van der Waals surface area contributed by atoms with Gasteiger partial charge in [0, 0.05) is 10.9 Å². The van der Waals surface area contributed by atoms with Crippen molar-refractivity contribution in [2.24, 2.45) is 0 Å². The van der Waals surface area contributed by atoms with E-state index in [2.05, 4.69) is 22.0 Å². The Labute approximate surface area is 126 Å². The van der Waals surface area contributed by atoms with Gasteiger partial charge in [-0.1, -0.05) is 17.9 Å². The average Bonchev–Trinajstić information content (AvgIpc) is 3.01. The number of fused-ring (bicyclic) bond motifs is 1. The van der Waals surface area contributed by atoms with E-state index in [0.29, 0.717) is 5.56 Å². The summed E-state index contributed by atoms with van der Waals surface area (Å²) in [5.41, 5.74) is 1.53. The van der Waals surface area contributed by atoms with E-state index in [-0.39, 0.29) is 0 Å². The van der Waals surface area contributed by atoms with Crippen molar-refractivity contribution >= 4 is 10.9 Å². The van der Waals surface area contributed by atoms with Crippen LogP contribution in [0.1, 0.15) is 5.56 Å². The first-order valence-corrected chi connectivity index (χ1v) is 6.86. The lowest BCUT2D eigenvalue weighted by Crippen LogP contribution is -2.58. The van der Waals surface area contributed by atoms with Crippen LogP contribution in [0.5, 0.6) is 0 Å². The molecule has 7 nitrogen and oxygen atoms in total. The zero-order valence-corrected chi connectivity index (χ0v) is 11.5. The predicted molar refractivity (Wildman–Crippen MR) is 76.7 cm³/mol. The predicted octanol–water partition coefficient (Wildman–Crippen LogP) is -1.24. The number of hydrogen-bond acceptors (Lipinski definition) is 6. The van der Waals surface area contributed by atoms with Crippen LogP contribution < -0.4 is 0 Å². The molecule has 5 atom stereocenters. The van der Waals surface area contributed by atoms with Crippen molar-refractivity contribution in [3.8, 4) is 11.8 Å². The van der Waals surface area contributed by atoms with Crippen LogP contribution in [0.3, 0.4) is 0 Å². The molecule has 1 fully saturated rings. The third-order valence-electron chi connectivity index (χ3n) is 3.73. The molecular formula is C15H16N2O5. The van der Waals surface area contributed by atoms with Crippen molar-refractivity contribution < 1.29 is 25.2 Å². The number of aromatic amines is 1. The summed E-state index contributed by atoms with van der Waals surface area (Å²) < 4.78 is 5.34. The Bertz CT molecular complexity index is 717. The van der Waals surface area contributed by atoms with Crippen molar-refractivity contribution in [2.75, 3.05) is 6.61 Å². The molecule has 2 aromatic rings. The molecule has 7 heteroatoms. The highest BCUT2D eigenvalue weighted by molar-refractivity contribution is 5.84. The largest absolute Gasteiger partial charge is 0.394 e. The summed E-state index contributed by atoms with van der Waals surface area (Å²) in [6.45, 7) is -0.472. The molecule has 3 rings (SSSR count). The Kier molecular flexibility index (Phi) is 4.11. The highest BCUT2D eigenvalue weighted by Gasteiger charge is 2.42. The number of nitrogens with zero attached hydrogens (tertiary/aromatic N) is 1. The third kappa shape index (κ3) is 2.59. The lowest BCUT2D eigenvalue weighted by molar-refractivity contribution is -0.214. The van der Waals surface area contributed by atoms with E-state index in [4.69, 9.17) is 9.84 Å². The van der Waals surface area contributed by atoms with Crippen LogP contribution in [0.2, 0.25) is 0 Å². The van der Waals surface area contributed by atoms with Crippen LogP contribution in [-0.4, -0.2) is 67.8 Å². The molecule has 1 aliphatic rings.